The fourth-order valence-electron chi connectivity index (χ4n) is 1.09. The van der Waals surface area contributed by atoms with Crippen LogP contribution in [0.1, 0.15) is 18.9 Å². The summed E-state index contributed by atoms with van der Waals surface area (Å²) in [5, 5.41) is 0. The summed E-state index contributed by atoms with van der Waals surface area (Å²) in [5.74, 6) is -0.207. The molecule has 1 atom stereocenters. The molecule has 0 bridgehead atoms. The van der Waals surface area contributed by atoms with E-state index in [9.17, 15) is 4.39 Å². The van der Waals surface area contributed by atoms with E-state index in [0.29, 0.717) is 0 Å². The van der Waals surface area contributed by atoms with Crippen molar-refractivity contribution in [1.82, 2.24) is 0 Å². The highest BCUT2D eigenvalue weighted by molar-refractivity contribution is 5.16. The number of hydrogen-bond acceptors (Lipinski definition) is 0. The molecule has 0 saturated carbocycles. The molecule has 0 saturated heterocycles. The Labute approximate surface area is 78.0 Å². The lowest BCUT2D eigenvalue weighted by atomic mass is 10.1. The summed E-state index contributed by atoms with van der Waals surface area (Å²) in [4.78, 5) is 3.40. The molecule has 0 N–H and O–H groups in total. The minimum atomic E-state index is -0.207. The van der Waals surface area contributed by atoms with Gasteiger partial charge < -0.3 is 4.85 Å². The van der Waals surface area contributed by atoms with E-state index in [0.717, 1.165) is 18.4 Å². The highest BCUT2D eigenvalue weighted by atomic mass is 19.1. The second-order valence-electron chi connectivity index (χ2n) is 3.14. The topological polar surface area (TPSA) is 4.36 Å². The monoisotopic (exact) mass is 177 g/mol. The Morgan fingerprint density at radius 1 is 1.38 bits per heavy atom. The van der Waals surface area contributed by atoms with Crippen LogP contribution in [0.15, 0.2) is 24.3 Å². The Hall–Kier alpha value is -1.36. The predicted molar refractivity (Wildman–Crippen MR) is 50.8 cm³/mol. The maximum absolute atomic E-state index is 12.5. The van der Waals surface area contributed by atoms with E-state index in [1.54, 1.807) is 12.1 Å². The van der Waals surface area contributed by atoms with Crippen molar-refractivity contribution in [3.8, 4) is 0 Å². The van der Waals surface area contributed by atoms with E-state index in [2.05, 4.69) is 4.85 Å². The zero-order valence-electron chi connectivity index (χ0n) is 7.63. The predicted octanol–water partition coefficient (Wildman–Crippen LogP) is 3.07. The molecular formula is C11H12FN. The highest BCUT2D eigenvalue weighted by Crippen LogP contribution is 2.08. The molecule has 0 heterocycles. The van der Waals surface area contributed by atoms with Gasteiger partial charge in [-0.05, 0) is 24.1 Å². The Morgan fingerprint density at radius 2 is 2.00 bits per heavy atom. The van der Waals surface area contributed by atoms with Gasteiger partial charge in [0.15, 0.2) is 0 Å². The summed E-state index contributed by atoms with van der Waals surface area (Å²) in [5.41, 5.74) is 1.09. The lowest BCUT2D eigenvalue weighted by Crippen LogP contribution is -1.97. The average molecular weight is 177 g/mol. The molecule has 0 amide bonds. The van der Waals surface area contributed by atoms with Gasteiger partial charge >= 0.3 is 0 Å². The summed E-state index contributed by atoms with van der Waals surface area (Å²) < 4.78 is 12.5. The standard InChI is InChI=1S/C11H12FN/c1-9(13-2)3-4-10-5-7-11(12)8-6-10/h5-9H,3-4H2,1H3. The van der Waals surface area contributed by atoms with Crippen LogP contribution in [0, 0.1) is 12.4 Å². The first-order chi connectivity index (χ1) is 6.22. The molecule has 0 radical (unpaired) electrons. The molecule has 1 unspecified atom stereocenters. The Balaban J connectivity index is 2.47. The number of aryl methyl sites for hydroxylation is 1. The van der Waals surface area contributed by atoms with Crippen molar-refractivity contribution >= 4 is 0 Å². The molecule has 0 spiro atoms. The second kappa shape index (κ2) is 4.61. The van der Waals surface area contributed by atoms with Gasteiger partial charge in [0.25, 0.3) is 0 Å². The molecule has 2 heteroatoms. The lowest BCUT2D eigenvalue weighted by Gasteiger charge is -2.00. The normalized spacial score (nSPS) is 12.1. The summed E-state index contributed by atoms with van der Waals surface area (Å²) in [6.45, 7) is 8.67. The van der Waals surface area contributed by atoms with Gasteiger partial charge in [-0.3, -0.25) is 0 Å². The fourth-order valence-corrected chi connectivity index (χ4v) is 1.09. The quantitative estimate of drug-likeness (QED) is 0.625. The molecule has 13 heavy (non-hydrogen) atoms. The fraction of sp³-hybridized carbons (Fsp3) is 0.364. The van der Waals surface area contributed by atoms with Crippen LogP contribution in [-0.4, -0.2) is 6.04 Å². The second-order valence-corrected chi connectivity index (χ2v) is 3.14. The van der Waals surface area contributed by atoms with Crippen LogP contribution in [0.2, 0.25) is 0 Å². The molecule has 0 aromatic heterocycles. The van der Waals surface area contributed by atoms with Gasteiger partial charge in [-0.1, -0.05) is 12.1 Å². The Kier molecular flexibility index (Phi) is 3.45. The van der Waals surface area contributed by atoms with Crippen molar-refractivity contribution in [3.05, 3.63) is 47.1 Å². The van der Waals surface area contributed by atoms with E-state index in [1.807, 2.05) is 6.92 Å². The smallest absolute Gasteiger partial charge is 0.221 e. The Bertz CT molecular complexity index is 297. The van der Waals surface area contributed by atoms with Gasteiger partial charge in [-0.25, -0.2) is 11.0 Å². The van der Waals surface area contributed by atoms with Gasteiger partial charge in [-0.15, -0.1) is 0 Å². The molecular weight excluding hydrogens is 165 g/mol. The van der Waals surface area contributed by atoms with Gasteiger partial charge in [-0.2, -0.15) is 0 Å². The number of rotatable bonds is 3. The lowest BCUT2D eigenvalue weighted by molar-refractivity contribution is 0.626. The molecule has 0 aliphatic heterocycles. The van der Waals surface area contributed by atoms with Crippen molar-refractivity contribution in [3.63, 3.8) is 0 Å². The summed E-state index contributed by atoms with van der Waals surface area (Å²) in [7, 11) is 0. The van der Waals surface area contributed by atoms with Crippen molar-refractivity contribution in [2.24, 2.45) is 0 Å². The van der Waals surface area contributed by atoms with Gasteiger partial charge in [0.2, 0.25) is 6.04 Å². The molecule has 1 aromatic carbocycles. The largest absolute Gasteiger partial charge is 0.314 e. The van der Waals surface area contributed by atoms with E-state index >= 15 is 0 Å². The van der Waals surface area contributed by atoms with Crippen molar-refractivity contribution in [2.75, 3.05) is 0 Å². The number of nitrogens with zero attached hydrogens (tertiary/aromatic N) is 1. The van der Waals surface area contributed by atoms with Crippen LogP contribution in [0.5, 0.6) is 0 Å². The van der Waals surface area contributed by atoms with Crippen LogP contribution in [0.4, 0.5) is 4.39 Å². The molecule has 1 rings (SSSR count). The average Bonchev–Trinajstić information content (AvgIpc) is 2.16. The highest BCUT2D eigenvalue weighted by Gasteiger charge is 2.03. The molecule has 1 nitrogen and oxygen atoms in total. The summed E-state index contributed by atoms with van der Waals surface area (Å²) in [6, 6.07) is 6.51. The molecule has 0 fully saturated rings. The first-order valence-corrected chi connectivity index (χ1v) is 4.33. The van der Waals surface area contributed by atoms with Gasteiger partial charge in [0.1, 0.15) is 5.82 Å². The van der Waals surface area contributed by atoms with Crippen molar-refractivity contribution in [2.45, 2.75) is 25.8 Å². The third kappa shape index (κ3) is 3.25. The Morgan fingerprint density at radius 3 is 2.54 bits per heavy atom. The minimum absolute atomic E-state index is 0.0602. The van der Waals surface area contributed by atoms with Crippen molar-refractivity contribution in [1.29, 1.82) is 0 Å². The summed E-state index contributed by atoms with van der Waals surface area (Å²) in [6.07, 6.45) is 1.69. The van der Waals surface area contributed by atoms with Gasteiger partial charge in [0.05, 0.1) is 0 Å². The van der Waals surface area contributed by atoms with E-state index in [-0.39, 0.29) is 11.9 Å². The van der Waals surface area contributed by atoms with Crippen LogP contribution in [-0.2, 0) is 6.42 Å². The van der Waals surface area contributed by atoms with E-state index in [4.69, 9.17) is 6.57 Å². The molecule has 1 aromatic rings. The van der Waals surface area contributed by atoms with E-state index in [1.165, 1.54) is 12.1 Å². The molecule has 0 aliphatic carbocycles. The van der Waals surface area contributed by atoms with Crippen LogP contribution in [0.3, 0.4) is 0 Å². The van der Waals surface area contributed by atoms with E-state index < -0.39 is 0 Å². The van der Waals surface area contributed by atoms with Crippen LogP contribution >= 0.6 is 0 Å². The molecule has 0 aliphatic rings. The number of benzene rings is 1. The SMILES string of the molecule is [C-]#[N+]C(C)CCc1ccc(F)cc1. The maximum Gasteiger partial charge on any atom is 0.221 e. The zero-order chi connectivity index (χ0) is 9.68. The van der Waals surface area contributed by atoms with Crippen LogP contribution < -0.4 is 0 Å². The zero-order valence-corrected chi connectivity index (χ0v) is 7.63. The number of halogens is 1. The van der Waals surface area contributed by atoms with Crippen LogP contribution in [0.25, 0.3) is 4.85 Å². The number of hydrogen-bond donors (Lipinski definition) is 0. The van der Waals surface area contributed by atoms with Gasteiger partial charge in [0, 0.05) is 13.3 Å². The molecule has 68 valence electrons. The first-order valence-electron chi connectivity index (χ1n) is 4.33. The third-order valence-electron chi connectivity index (χ3n) is 1.98. The summed E-state index contributed by atoms with van der Waals surface area (Å²) >= 11 is 0. The first kappa shape index (κ1) is 9.73. The minimum Gasteiger partial charge on any atom is -0.314 e. The van der Waals surface area contributed by atoms with Crippen molar-refractivity contribution < 1.29 is 4.39 Å². The third-order valence-corrected chi connectivity index (χ3v) is 1.98. The maximum atomic E-state index is 12.5.